The Morgan fingerprint density at radius 3 is 2.77 bits per heavy atom. The number of esters is 1. The molecule has 2 aliphatic rings. The molecule has 0 amide bonds. The number of cyclic esters (lactones) is 1. The SMILES string of the molecule is CC1(C)OC(=O)[C@@H]2CC(=O)CC[C@H]21. The molecular formula is C10H14O3. The zero-order valence-corrected chi connectivity index (χ0v) is 8.00. The van der Waals surface area contributed by atoms with E-state index in [4.69, 9.17) is 4.74 Å². The third-order valence-corrected chi connectivity index (χ3v) is 3.23. The lowest BCUT2D eigenvalue weighted by atomic mass is 9.73. The first-order chi connectivity index (χ1) is 6.00. The summed E-state index contributed by atoms with van der Waals surface area (Å²) < 4.78 is 5.25. The average Bonchev–Trinajstić information content (AvgIpc) is 2.22. The molecule has 1 saturated carbocycles. The average molecular weight is 182 g/mol. The summed E-state index contributed by atoms with van der Waals surface area (Å²) in [5, 5.41) is 0. The van der Waals surface area contributed by atoms with Gasteiger partial charge in [-0.3, -0.25) is 9.59 Å². The van der Waals surface area contributed by atoms with Gasteiger partial charge in [0.1, 0.15) is 11.4 Å². The second kappa shape index (κ2) is 2.56. The molecule has 13 heavy (non-hydrogen) atoms. The maximum absolute atomic E-state index is 11.4. The number of ether oxygens (including phenoxy) is 1. The summed E-state index contributed by atoms with van der Waals surface area (Å²) in [5.74, 6) is 0.118. The Balaban J connectivity index is 2.24. The van der Waals surface area contributed by atoms with Gasteiger partial charge in [-0.15, -0.1) is 0 Å². The van der Waals surface area contributed by atoms with Crippen LogP contribution >= 0.6 is 0 Å². The molecule has 3 nitrogen and oxygen atoms in total. The van der Waals surface area contributed by atoms with Crippen LogP contribution in [0.4, 0.5) is 0 Å². The predicted octanol–water partition coefficient (Wildman–Crippen LogP) is 1.31. The van der Waals surface area contributed by atoms with E-state index in [2.05, 4.69) is 0 Å². The van der Waals surface area contributed by atoms with Gasteiger partial charge in [0, 0.05) is 18.8 Å². The van der Waals surface area contributed by atoms with Crippen LogP contribution in [-0.4, -0.2) is 17.4 Å². The van der Waals surface area contributed by atoms with Crippen molar-refractivity contribution in [3.8, 4) is 0 Å². The lowest BCUT2D eigenvalue weighted by molar-refractivity contribution is -0.149. The zero-order chi connectivity index (χ0) is 9.64. The Hall–Kier alpha value is -0.860. The van der Waals surface area contributed by atoms with E-state index in [1.165, 1.54) is 0 Å². The molecule has 1 aliphatic carbocycles. The molecule has 0 radical (unpaired) electrons. The van der Waals surface area contributed by atoms with E-state index in [9.17, 15) is 9.59 Å². The molecule has 0 aromatic heterocycles. The molecule has 1 aliphatic heterocycles. The van der Waals surface area contributed by atoms with Crippen LogP contribution in [0.15, 0.2) is 0 Å². The minimum absolute atomic E-state index is 0.156. The molecule has 3 heteroatoms. The molecular weight excluding hydrogens is 168 g/mol. The van der Waals surface area contributed by atoms with Crippen molar-refractivity contribution in [2.24, 2.45) is 11.8 Å². The summed E-state index contributed by atoms with van der Waals surface area (Å²) in [5.41, 5.74) is -0.359. The van der Waals surface area contributed by atoms with Crippen LogP contribution in [0.25, 0.3) is 0 Å². The van der Waals surface area contributed by atoms with Crippen LogP contribution in [0.2, 0.25) is 0 Å². The van der Waals surface area contributed by atoms with Crippen LogP contribution in [0.5, 0.6) is 0 Å². The molecule has 2 fully saturated rings. The first-order valence-corrected chi connectivity index (χ1v) is 4.75. The first-order valence-electron chi connectivity index (χ1n) is 4.75. The highest BCUT2D eigenvalue weighted by atomic mass is 16.6. The van der Waals surface area contributed by atoms with Crippen molar-refractivity contribution in [2.75, 3.05) is 0 Å². The van der Waals surface area contributed by atoms with Crippen molar-refractivity contribution in [2.45, 2.75) is 38.7 Å². The van der Waals surface area contributed by atoms with Gasteiger partial charge in [0.15, 0.2) is 0 Å². The fourth-order valence-electron chi connectivity index (χ4n) is 2.50. The summed E-state index contributed by atoms with van der Waals surface area (Å²) in [6.45, 7) is 3.87. The fraction of sp³-hybridized carbons (Fsp3) is 0.800. The van der Waals surface area contributed by atoms with Crippen LogP contribution < -0.4 is 0 Å². The molecule has 2 atom stereocenters. The molecule has 0 bridgehead atoms. The van der Waals surface area contributed by atoms with Gasteiger partial charge < -0.3 is 4.74 Å². The number of Topliss-reactive ketones (excluding diaryl/α,β-unsaturated/α-hetero) is 1. The number of ketones is 1. The summed E-state index contributed by atoms with van der Waals surface area (Å²) in [4.78, 5) is 22.5. The highest BCUT2D eigenvalue weighted by Crippen LogP contribution is 2.44. The number of fused-ring (bicyclic) bond motifs is 1. The topological polar surface area (TPSA) is 43.4 Å². The van der Waals surface area contributed by atoms with Crippen molar-refractivity contribution in [3.05, 3.63) is 0 Å². The molecule has 2 rings (SSSR count). The van der Waals surface area contributed by atoms with E-state index in [1.807, 2.05) is 13.8 Å². The van der Waals surface area contributed by atoms with E-state index in [-0.39, 0.29) is 29.2 Å². The number of hydrogen-bond acceptors (Lipinski definition) is 3. The van der Waals surface area contributed by atoms with Crippen molar-refractivity contribution >= 4 is 11.8 Å². The fourth-order valence-corrected chi connectivity index (χ4v) is 2.50. The lowest BCUT2D eigenvalue weighted by Gasteiger charge is -2.29. The quantitative estimate of drug-likeness (QED) is 0.530. The minimum atomic E-state index is -0.359. The normalized spacial score (nSPS) is 37.1. The van der Waals surface area contributed by atoms with E-state index in [1.54, 1.807) is 0 Å². The summed E-state index contributed by atoms with van der Waals surface area (Å²) in [6, 6.07) is 0. The monoisotopic (exact) mass is 182 g/mol. The molecule has 72 valence electrons. The molecule has 0 N–H and O–H groups in total. The summed E-state index contributed by atoms with van der Waals surface area (Å²) in [7, 11) is 0. The minimum Gasteiger partial charge on any atom is -0.459 e. The summed E-state index contributed by atoms with van der Waals surface area (Å²) >= 11 is 0. The second-order valence-electron chi connectivity index (χ2n) is 4.52. The Morgan fingerprint density at radius 1 is 1.38 bits per heavy atom. The number of hydrogen-bond donors (Lipinski definition) is 0. The van der Waals surface area contributed by atoms with Crippen LogP contribution in [0.3, 0.4) is 0 Å². The van der Waals surface area contributed by atoms with Gasteiger partial charge in [-0.1, -0.05) is 0 Å². The third-order valence-electron chi connectivity index (χ3n) is 3.23. The van der Waals surface area contributed by atoms with Crippen LogP contribution in [-0.2, 0) is 14.3 Å². The number of carbonyl (C=O) groups excluding carboxylic acids is 2. The Kier molecular flexibility index (Phi) is 1.72. The second-order valence-corrected chi connectivity index (χ2v) is 4.52. The largest absolute Gasteiger partial charge is 0.459 e. The van der Waals surface area contributed by atoms with E-state index >= 15 is 0 Å². The van der Waals surface area contributed by atoms with Crippen molar-refractivity contribution in [3.63, 3.8) is 0 Å². The van der Waals surface area contributed by atoms with E-state index in [0.29, 0.717) is 12.8 Å². The van der Waals surface area contributed by atoms with E-state index in [0.717, 1.165) is 6.42 Å². The van der Waals surface area contributed by atoms with Crippen LogP contribution in [0.1, 0.15) is 33.1 Å². The third kappa shape index (κ3) is 1.26. The maximum Gasteiger partial charge on any atom is 0.310 e. The van der Waals surface area contributed by atoms with Crippen molar-refractivity contribution in [1.82, 2.24) is 0 Å². The zero-order valence-electron chi connectivity index (χ0n) is 8.00. The lowest BCUT2D eigenvalue weighted by Crippen LogP contribution is -2.34. The molecule has 1 heterocycles. The molecule has 0 aromatic carbocycles. The number of rotatable bonds is 0. The van der Waals surface area contributed by atoms with Gasteiger partial charge in [0.2, 0.25) is 0 Å². The van der Waals surface area contributed by atoms with Gasteiger partial charge in [0.05, 0.1) is 5.92 Å². The Labute approximate surface area is 77.4 Å². The van der Waals surface area contributed by atoms with E-state index < -0.39 is 0 Å². The van der Waals surface area contributed by atoms with Gasteiger partial charge >= 0.3 is 5.97 Å². The van der Waals surface area contributed by atoms with Crippen molar-refractivity contribution < 1.29 is 14.3 Å². The predicted molar refractivity (Wildman–Crippen MR) is 46.0 cm³/mol. The van der Waals surface area contributed by atoms with Crippen molar-refractivity contribution in [1.29, 1.82) is 0 Å². The molecule has 1 saturated heterocycles. The smallest absolute Gasteiger partial charge is 0.310 e. The maximum atomic E-state index is 11.4. The Bertz CT molecular complexity index is 267. The highest BCUT2D eigenvalue weighted by molar-refractivity contribution is 5.87. The van der Waals surface area contributed by atoms with Gasteiger partial charge in [-0.2, -0.15) is 0 Å². The summed E-state index contributed by atoms with van der Waals surface area (Å²) in [6.07, 6.45) is 1.82. The van der Waals surface area contributed by atoms with Gasteiger partial charge in [0.25, 0.3) is 0 Å². The number of carbonyl (C=O) groups is 2. The molecule has 0 unspecified atom stereocenters. The molecule has 0 aromatic rings. The molecule has 0 spiro atoms. The first kappa shape index (κ1) is 8.73. The highest BCUT2D eigenvalue weighted by Gasteiger charge is 2.51. The van der Waals surface area contributed by atoms with Gasteiger partial charge in [-0.25, -0.2) is 0 Å². The standard InChI is InChI=1S/C10H14O3/c1-10(2)8-4-3-6(11)5-7(8)9(12)13-10/h7-8H,3-5H2,1-2H3/t7-,8-/m1/s1. The van der Waals surface area contributed by atoms with Gasteiger partial charge in [-0.05, 0) is 20.3 Å². The Morgan fingerprint density at radius 2 is 2.08 bits per heavy atom. The van der Waals surface area contributed by atoms with Crippen LogP contribution in [0, 0.1) is 11.8 Å².